The van der Waals surface area contributed by atoms with Gasteiger partial charge in [0.15, 0.2) is 0 Å². The number of hydrogen-bond acceptors (Lipinski definition) is 4. The SMILES string of the molecule is C=CC(=O)OCC(O)CC(C)C(=O)O. The molecular formula is C9H14O5. The van der Waals surface area contributed by atoms with E-state index in [-0.39, 0.29) is 13.0 Å². The van der Waals surface area contributed by atoms with Gasteiger partial charge < -0.3 is 14.9 Å². The molecule has 2 atom stereocenters. The van der Waals surface area contributed by atoms with Gasteiger partial charge >= 0.3 is 11.9 Å². The summed E-state index contributed by atoms with van der Waals surface area (Å²) in [4.78, 5) is 21.0. The van der Waals surface area contributed by atoms with E-state index in [9.17, 15) is 14.7 Å². The molecule has 0 radical (unpaired) electrons. The molecule has 0 aromatic heterocycles. The third-order valence-corrected chi connectivity index (χ3v) is 1.63. The molecule has 0 saturated carbocycles. The van der Waals surface area contributed by atoms with Crippen LogP contribution in [0.3, 0.4) is 0 Å². The number of hydrogen-bond donors (Lipinski definition) is 2. The van der Waals surface area contributed by atoms with Crippen LogP contribution in [0.25, 0.3) is 0 Å². The zero-order valence-electron chi connectivity index (χ0n) is 7.97. The number of carboxylic acid groups (broad SMARTS) is 1. The van der Waals surface area contributed by atoms with Gasteiger partial charge in [-0.2, -0.15) is 0 Å². The first-order chi connectivity index (χ1) is 6.47. The molecule has 0 fully saturated rings. The average molecular weight is 202 g/mol. The third-order valence-electron chi connectivity index (χ3n) is 1.63. The van der Waals surface area contributed by atoms with Crippen LogP contribution in [0.1, 0.15) is 13.3 Å². The maximum Gasteiger partial charge on any atom is 0.330 e. The first-order valence-corrected chi connectivity index (χ1v) is 4.17. The Hall–Kier alpha value is -1.36. The highest BCUT2D eigenvalue weighted by atomic mass is 16.5. The lowest BCUT2D eigenvalue weighted by atomic mass is 10.0. The number of rotatable bonds is 6. The Morgan fingerprint density at radius 3 is 2.57 bits per heavy atom. The van der Waals surface area contributed by atoms with Crippen LogP contribution in [-0.2, 0) is 14.3 Å². The number of carbonyl (C=O) groups excluding carboxylic acids is 1. The van der Waals surface area contributed by atoms with Gasteiger partial charge in [0.2, 0.25) is 0 Å². The van der Waals surface area contributed by atoms with Crippen LogP contribution >= 0.6 is 0 Å². The molecule has 0 aliphatic carbocycles. The average Bonchev–Trinajstić information content (AvgIpc) is 2.13. The van der Waals surface area contributed by atoms with Crippen molar-refractivity contribution in [2.45, 2.75) is 19.4 Å². The van der Waals surface area contributed by atoms with Crippen LogP contribution in [0.15, 0.2) is 12.7 Å². The van der Waals surface area contributed by atoms with Crippen LogP contribution in [0, 0.1) is 5.92 Å². The van der Waals surface area contributed by atoms with Gasteiger partial charge in [0.1, 0.15) is 6.61 Å². The second-order valence-corrected chi connectivity index (χ2v) is 2.96. The van der Waals surface area contributed by atoms with Crippen LogP contribution in [0.4, 0.5) is 0 Å². The lowest BCUT2D eigenvalue weighted by Gasteiger charge is -2.12. The Labute approximate surface area is 82.0 Å². The maximum absolute atomic E-state index is 10.6. The smallest absolute Gasteiger partial charge is 0.330 e. The highest BCUT2D eigenvalue weighted by Crippen LogP contribution is 2.06. The van der Waals surface area contributed by atoms with Gasteiger partial charge in [0, 0.05) is 6.08 Å². The van der Waals surface area contributed by atoms with E-state index >= 15 is 0 Å². The molecule has 0 amide bonds. The Morgan fingerprint density at radius 1 is 1.57 bits per heavy atom. The van der Waals surface area contributed by atoms with E-state index in [1.165, 1.54) is 6.92 Å². The van der Waals surface area contributed by atoms with Crippen molar-refractivity contribution < 1.29 is 24.5 Å². The van der Waals surface area contributed by atoms with Gasteiger partial charge in [-0.3, -0.25) is 4.79 Å². The molecule has 0 rings (SSSR count). The van der Waals surface area contributed by atoms with Crippen molar-refractivity contribution in [2.75, 3.05) is 6.61 Å². The number of carbonyl (C=O) groups is 2. The van der Waals surface area contributed by atoms with E-state index in [0.717, 1.165) is 6.08 Å². The Balaban J connectivity index is 3.75. The number of aliphatic carboxylic acids is 1. The summed E-state index contributed by atoms with van der Waals surface area (Å²) in [5.74, 6) is -2.28. The first-order valence-electron chi connectivity index (χ1n) is 4.17. The fourth-order valence-electron chi connectivity index (χ4n) is 0.814. The summed E-state index contributed by atoms with van der Waals surface area (Å²) in [5, 5.41) is 17.8. The Morgan fingerprint density at radius 2 is 2.14 bits per heavy atom. The summed E-state index contributed by atoms with van der Waals surface area (Å²) >= 11 is 0. The fraction of sp³-hybridized carbons (Fsp3) is 0.556. The van der Waals surface area contributed by atoms with E-state index in [0.29, 0.717) is 0 Å². The number of aliphatic hydroxyl groups is 1. The standard InChI is InChI=1S/C9H14O5/c1-3-8(11)14-5-7(10)4-6(2)9(12)13/h3,6-7,10H,1,4-5H2,2H3,(H,12,13). The van der Waals surface area contributed by atoms with Gasteiger partial charge in [0.05, 0.1) is 12.0 Å². The van der Waals surface area contributed by atoms with E-state index in [2.05, 4.69) is 11.3 Å². The summed E-state index contributed by atoms with van der Waals surface area (Å²) in [7, 11) is 0. The molecule has 0 aromatic rings. The summed E-state index contributed by atoms with van der Waals surface area (Å²) in [6, 6.07) is 0. The highest BCUT2D eigenvalue weighted by molar-refractivity contribution is 5.81. The molecule has 0 saturated heterocycles. The van der Waals surface area contributed by atoms with Gasteiger partial charge in [0.25, 0.3) is 0 Å². The zero-order valence-corrected chi connectivity index (χ0v) is 7.97. The van der Waals surface area contributed by atoms with Crippen LogP contribution in [-0.4, -0.2) is 34.9 Å². The Kier molecular flexibility index (Phi) is 5.55. The number of ether oxygens (including phenoxy) is 1. The zero-order chi connectivity index (χ0) is 11.1. The molecule has 0 aliphatic rings. The normalized spacial score (nSPS) is 14.1. The predicted octanol–water partition coefficient (Wildman–Crippen LogP) is 0.187. The van der Waals surface area contributed by atoms with E-state index < -0.39 is 24.0 Å². The number of aliphatic hydroxyl groups excluding tert-OH is 1. The fourth-order valence-corrected chi connectivity index (χ4v) is 0.814. The molecule has 14 heavy (non-hydrogen) atoms. The second-order valence-electron chi connectivity index (χ2n) is 2.96. The minimum atomic E-state index is -0.987. The topological polar surface area (TPSA) is 83.8 Å². The van der Waals surface area contributed by atoms with E-state index in [1.807, 2.05) is 0 Å². The van der Waals surface area contributed by atoms with E-state index in [4.69, 9.17) is 5.11 Å². The molecule has 0 spiro atoms. The van der Waals surface area contributed by atoms with Crippen molar-refractivity contribution >= 4 is 11.9 Å². The van der Waals surface area contributed by atoms with E-state index in [1.54, 1.807) is 0 Å². The lowest BCUT2D eigenvalue weighted by Crippen LogP contribution is -2.23. The molecule has 0 heterocycles. The molecule has 2 N–H and O–H groups in total. The van der Waals surface area contributed by atoms with Crippen molar-refractivity contribution in [1.82, 2.24) is 0 Å². The Bertz CT molecular complexity index is 223. The van der Waals surface area contributed by atoms with Gasteiger partial charge in [-0.15, -0.1) is 0 Å². The molecule has 2 unspecified atom stereocenters. The molecular weight excluding hydrogens is 188 g/mol. The summed E-state index contributed by atoms with van der Waals surface area (Å²) in [5.41, 5.74) is 0. The summed E-state index contributed by atoms with van der Waals surface area (Å²) in [6.45, 7) is 4.44. The number of esters is 1. The van der Waals surface area contributed by atoms with Crippen molar-refractivity contribution in [3.05, 3.63) is 12.7 Å². The summed E-state index contributed by atoms with van der Waals surface area (Å²) < 4.78 is 4.53. The second kappa shape index (κ2) is 6.15. The molecule has 5 heteroatoms. The van der Waals surface area contributed by atoms with Crippen molar-refractivity contribution in [1.29, 1.82) is 0 Å². The third kappa shape index (κ3) is 5.31. The van der Waals surface area contributed by atoms with Gasteiger partial charge in [-0.05, 0) is 6.42 Å². The largest absolute Gasteiger partial charge is 0.481 e. The van der Waals surface area contributed by atoms with Gasteiger partial charge in [-0.25, -0.2) is 4.79 Å². The lowest BCUT2D eigenvalue weighted by molar-refractivity contribution is -0.144. The predicted molar refractivity (Wildman–Crippen MR) is 48.6 cm³/mol. The summed E-state index contributed by atoms with van der Waals surface area (Å²) in [6.07, 6.45) is 0.0811. The minimum absolute atomic E-state index is 0.0553. The minimum Gasteiger partial charge on any atom is -0.481 e. The molecule has 0 bridgehead atoms. The van der Waals surface area contributed by atoms with Crippen molar-refractivity contribution in [2.24, 2.45) is 5.92 Å². The maximum atomic E-state index is 10.6. The molecule has 0 aliphatic heterocycles. The van der Waals surface area contributed by atoms with Crippen LogP contribution in [0.5, 0.6) is 0 Å². The highest BCUT2D eigenvalue weighted by Gasteiger charge is 2.17. The molecule has 5 nitrogen and oxygen atoms in total. The first kappa shape index (κ1) is 12.6. The number of carboxylic acids is 1. The van der Waals surface area contributed by atoms with Crippen molar-refractivity contribution in [3.63, 3.8) is 0 Å². The molecule has 80 valence electrons. The van der Waals surface area contributed by atoms with Crippen LogP contribution < -0.4 is 0 Å². The quantitative estimate of drug-likeness (QED) is 0.474. The van der Waals surface area contributed by atoms with Crippen molar-refractivity contribution in [3.8, 4) is 0 Å². The van der Waals surface area contributed by atoms with Crippen LogP contribution in [0.2, 0.25) is 0 Å². The van der Waals surface area contributed by atoms with Gasteiger partial charge in [-0.1, -0.05) is 13.5 Å². The monoisotopic (exact) mass is 202 g/mol. The molecule has 0 aromatic carbocycles.